The predicted molar refractivity (Wildman–Crippen MR) is 87.9 cm³/mol. The molecule has 0 saturated heterocycles. The van der Waals surface area contributed by atoms with Crippen molar-refractivity contribution in [2.75, 3.05) is 5.75 Å². The molecule has 0 heterocycles. The second-order valence-electron chi connectivity index (χ2n) is 4.96. The van der Waals surface area contributed by atoms with Gasteiger partial charge in [0.1, 0.15) is 0 Å². The van der Waals surface area contributed by atoms with Crippen molar-refractivity contribution >= 4 is 11.8 Å². The van der Waals surface area contributed by atoms with Gasteiger partial charge < -0.3 is 0 Å². The molecule has 1 atom stereocenters. The first-order valence-electron chi connectivity index (χ1n) is 6.91. The zero-order valence-electron chi connectivity index (χ0n) is 12.3. The Kier molecular flexibility index (Phi) is 5.24. The number of nitrogens with one attached hydrogen (secondary N) is 1. The highest BCUT2D eigenvalue weighted by molar-refractivity contribution is 7.99. The van der Waals surface area contributed by atoms with Crippen LogP contribution in [0.15, 0.2) is 47.4 Å². The first-order chi connectivity index (χ1) is 9.65. The molecule has 0 saturated carbocycles. The first kappa shape index (κ1) is 15.1. The molecule has 2 nitrogen and oxygen atoms in total. The second-order valence-corrected chi connectivity index (χ2v) is 6.30. The molecule has 0 amide bonds. The van der Waals surface area contributed by atoms with E-state index in [1.165, 1.54) is 27.1 Å². The van der Waals surface area contributed by atoms with E-state index in [1.807, 2.05) is 11.8 Å². The van der Waals surface area contributed by atoms with Gasteiger partial charge in [-0.2, -0.15) is 0 Å². The molecule has 0 aliphatic rings. The van der Waals surface area contributed by atoms with Crippen molar-refractivity contribution in [1.29, 1.82) is 0 Å². The van der Waals surface area contributed by atoms with Crippen LogP contribution in [-0.2, 0) is 0 Å². The summed E-state index contributed by atoms with van der Waals surface area (Å²) in [5, 5.41) is 0. The van der Waals surface area contributed by atoms with E-state index in [1.54, 1.807) is 0 Å². The van der Waals surface area contributed by atoms with Gasteiger partial charge >= 0.3 is 0 Å². The Labute approximate surface area is 125 Å². The van der Waals surface area contributed by atoms with E-state index in [2.05, 4.69) is 68.7 Å². The van der Waals surface area contributed by atoms with E-state index in [4.69, 9.17) is 5.84 Å². The van der Waals surface area contributed by atoms with Gasteiger partial charge in [-0.3, -0.25) is 5.84 Å². The minimum atomic E-state index is 0.0376. The van der Waals surface area contributed by atoms with Gasteiger partial charge in [-0.15, -0.1) is 11.8 Å². The molecule has 0 aliphatic carbocycles. The molecule has 0 radical (unpaired) electrons. The first-order valence-corrected chi connectivity index (χ1v) is 7.90. The molecule has 2 aromatic carbocycles. The van der Waals surface area contributed by atoms with E-state index in [0.717, 1.165) is 5.75 Å². The quantitative estimate of drug-likeness (QED) is 0.496. The Morgan fingerprint density at radius 3 is 2.40 bits per heavy atom. The van der Waals surface area contributed by atoms with Gasteiger partial charge in [-0.25, -0.2) is 5.43 Å². The van der Waals surface area contributed by atoms with Crippen LogP contribution < -0.4 is 11.3 Å². The van der Waals surface area contributed by atoms with Crippen LogP contribution in [0.25, 0.3) is 0 Å². The fraction of sp³-hybridized carbons (Fsp3) is 0.294. The number of benzene rings is 2. The smallest absolute Gasteiger partial charge is 0.0712 e. The van der Waals surface area contributed by atoms with Crippen LogP contribution in [0.2, 0.25) is 0 Å². The third-order valence-corrected chi connectivity index (χ3v) is 4.33. The van der Waals surface area contributed by atoms with Crippen LogP contribution >= 0.6 is 11.8 Å². The van der Waals surface area contributed by atoms with Gasteiger partial charge in [0.15, 0.2) is 0 Å². The van der Waals surface area contributed by atoms with E-state index in [0.29, 0.717) is 0 Å². The summed E-state index contributed by atoms with van der Waals surface area (Å²) in [5.74, 6) is 6.89. The number of hydrogen-bond donors (Lipinski definition) is 2. The van der Waals surface area contributed by atoms with E-state index >= 15 is 0 Å². The van der Waals surface area contributed by atoms with Gasteiger partial charge in [0.2, 0.25) is 0 Å². The molecule has 1 unspecified atom stereocenters. The minimum absolute atomic E-state index is 0.0376. The summed E-state index contributed by atoms with van der Waals surface area (Å²) in [4.78, 5) is 1.30. The van der Waals surface area contributed by atoms with Crippen molar-refractivity contribution in [1.82, 2.24) is 5.43 Å². The Hall–Kier alpha value is -1.29. The van der Waals surface area contributed by atoms with Crippen molar-refractivity contribution < 1.29 is 0 Å². The molecule has 0 aromatic heterocycles. The Morgan fingerprint density at radius 2 is 1.80 bits per heavy atom. The number of hydrazine groups is 1. The summed E-state index contributed by atoms with van der Waals surface area (Å²) in [6.45, 7) is 6.40. The van der Waals surface area contributed by atoms with Gasteiger partial charge in [0.05, 0.1) is 6.04 Å². The lowest BCUT2D eigenvalue weighted by Gasteiger charge is -2.20. The number of rotatable bonds is 5. The molecule has 20 heavy (non-hydrogen) atoms. The number of nitrogens with two attached hydrogens (primary N) is 1. The summed E-state index contributed by atoms with van der Waals surface area (Å²) in [6, 6.07) is 15.2. The normalized spacial score (nSPS) is 12.4. The summed E-state index contributed by atoms with van der Waals surface area (Å²) < 4.78 is 0. The fourth-order valence-electron chi connectivity index (χ4n) is 2.36. The van der Waals surface area contributed by atoms with Crippen molar-refractivity contribution in [3.05, 3.63) is 64.7 Å². The average molecular weight is 286 g/mol. The molecule has 2 rings (SSSR count). The minimum Gasteiger partial charge on any atom is -0.271 e. The molecule has 0 fully saturated rings. The molecule has 2 aromatic rings. The van der Waals surface area contributed by atoms with E-state index in [-0.39, 0.29) is 6.04 Å². The highest BCUT2D eigenvalue weighted by atomic mass is 32.2. The molecule has 0 spiro atoms. The molecule has 3 heteroatoms. The maximum Gasteiger partial charge on any atom is 0.0712 e. The molecule has 106 valence electrons. The largest absolute Gasteiger partial charge is 0.271 e. The summed E-state index contributed by atoms with van der Waals surface area (Å²) in [5.41, 5.74) is 7.89. The number of aryl methyl sites for hydroxylation is 2. The van der Waals surface area contributed by atoms with E-state index in [9.17, 15) is 0 Å². The van der Waals surface area contributed by atoms with Crippen LogP contribution in [-0.4, -0.2) is 5.75 Å². The zero-order valence-corrected chi connectivity index (χ0v) is 13.1. The van der Waals surface area contributed by atoms with Crippen LogP contribution in [0.4, 0.5) is 0 Å². The van der Waals surface area contributed by atoms with Gasteiger partial charge in [0.25, 0.3) is 0 Å². The summed E-state index contributed by atoms with van der Waals surface area (Å²) >= 11 is 1.85. The van der Waals surface area contributed by atoms with Crippen molar-refractivity contribution in [2.45, 2.75) is 31.7 Å². The zero-order chi connectivity index (χ0) is 14.5. The van der Waals surface area contributed by atoms with Gasteiger partial charge in [-0.05, 0) is 48.4 Å². The SMILES string of the molecule is CCSc1ccc(C(NN)c2cc(C)ccc2C)cc1. The highest BCUT2D eigenvalue weighted by Gasteiger charge is 2.14. The number of hydrogen-bond acceptors (Lipinski definition) is 3. The van der Waals surface area contributed by atoms with Crippen molar-refractivity contribution in [2.24, 2.45) is 5.84 Å². The van der Waals surface area contributed by atoms with Crippen molar-refractivity contribution in [3.63, 3.8) is 0 Å². The Balaban J connectivity index is 2.34. The molecule has 3 N–H and O–H groups in total. The van der Waals surface area contributed by atoms with Crippen LogP contribution in [0, 0.1) is 13.8 Å². The average Bonchev–Trinajstić information content (AvgIpc) is 2.45. The topological polar surface area (TPSA) is 38.0 Å². The second kappa shape index (κ2) is 6.93. The molecular formula is C17H22N2S. The van der Waals surface area contributed by atoms with Crippen LogP contribution in [0.1, 0.15) is 35.2 Å². The molecular weight excluding hydrogens is 264 g/mol. The summed E-state index contributed by atoms with van der Waals surface area (Å²) in [7, 11) is 0. The third kappa shape index (κ3) is 3.42. The standard InChI is InChI=1S/C17H22N2S/c1-4-20-15-9-7-14(8-10-15)17(19-18)16-11-12(2)5-6-13(16)3/h5-11,17,19H,4,18H2,1-3H3. The van der Waals surface area contributed by atoms with Gasteiger partial charge in [0, 0.05) is 4.90 Å². The number of thioether (sulfide) groups is 1. The lowest BCUT2D eigenvalue weighted by Crippen LogP contribution is -2.29. The lowest BCUT2D eigenvalue weighted by atomic mass is 9.94. The monoisotopic (exact) mass is 286 g/mol. The molecule has 0 aliphatic heterocycles. The van der Waals surface area contributed by atoms with Crippen LogP contribution in [0.3, 0.4) is 0 Å². The Bertz CT molecular complexity index is 564. The predicted octanol–water partition coefficient (Wildman–Crippen LogP) is 3.97. The van der Waals surface area contributed by atoms with Gasteiger partial charge in [-0.1, -0.05) is 42.8 Å². The summed E-state index contributed by atoms with van der Waals surface area (Å²) in [6.07, 6.45) is 0. The Morgan fingerprint density at radius 1 is 1.10 bits per heavy atom. The highest BCUT2D eigenvalue weighted by Crippen LogP contribution is 2.27. The fourth-order valence-corrected chi connectivity index (χ4v) is 3.02. The van der Waals surface area contributed by atoms with Crippen LogP contribution in [0.5, 0.6) is 0 Å². The molecule has 0 bridgehead atoms. The maximum atomic E-state index is 5.80. The van der Waals surface area contributed by atoms with Crippen molar-refractivity contribution in [3.8, 4) is 0 Å². The maximum absolute atomic E-state index is 5.80. The lowest BCUT2D eigenvalue weighted by molar-refractivity contribution is 0.633. The van der Waals surface area contributed by atoms with E-state index < -0.39 is 0 Å². The third-order valence-electron chi connectivity index (χ3n) is 3.44.